The number of thioether (sulfide) groups is 1. The summed E-state index contributed by atoms with van der Waals surface area (Å²) >= 11 is 1.72. The Morgan fingerprint density at radius 3 is 2.81 bits per heavy atom. The molecule has 5 heteroatoms. The van der Waals surface area contributed by atoms with E-state index in [9.17, 15) is 5.11 Å². The first kappa shape index (κ1) is 17.0. The fraction of sp³-hybridized carbons (Fsp3) is 0.286. The van der Waals surface area contributed by atoms with Crippen LogP contribution in [0.25, 0.3) is 5.57 Å². The average molecular weight is 366 g/mol. The van der Waals surface area contributed by atoms with Crippen molar-refractivity contribution < 1.29 is 9.52 Å². The van der Waals surface area contributed by atoms with Gasteiger partial charge in [0.15, 0.2) is 5.17 Å². The van der Waals surface area contributed by atoms with Gasteiger partial charge in [-0.1, -0.05) is 23.9 Å². The van der Waals surface area contributed by atoms with Crippen molar-refractivity contribution in [2.45, 2.75) is 39.3 Å². The molecule has 1 aromatic carbocycles. The summed E-state index contributed by atoms with van der Waals surface area (Å²) in [6.45, 7) is 4.47. The van der Waals surface area contributed by atoms with Gasteiger partial charge in [0.2, 0.25) is 0 Å². The number of aryl methyl sites for hydroxylation is 2. The van der Waals surface area contributed by atoms with Gasteiger partial charge in [-0.3, -0.25) is 4.99 Å². The van der Waals surface area contributed by atoms with Crippen LogP contribution in [-0.2, 0) is 6.54 Å². The number of furan rings is 1. The van der Waals surface area contributed by atoms with E-state index in [0.717, 1.165) is 34.9 Å². The smallest absolute Gasteiger partial charge is 0.162 e. The highest BCUT2D eigenvalue weighted by Crippen LogP contribution is 2.37. The molecule has 0 saturated carbocycles. The second-order valence-electron chi connectivity index (χ2n) is 6.73. The molecule has 4 rings (SSSR count). The lowest BCUT2D eigenvalue weighted by atomic mass is 9.95. The summed E-state index contributed by atoms with van der Waals surface area (Å²) in [6, 6.07) is 8.24. The Hall–Kier alpha value is -2.40. The van der Waals surface area contributed by atoms with Crippen LogP contribution < -0.4 is 5.32 Å². The van der Waals surface area contributed by atoms with Gasteiger partial charge in [-0.2, -0.15) is 0 Å². The normalized spacial score (nSPS) is 21.0. The Morgan fingerprint density at radius 2 is 2.08 bits per heavy atom. The number of hydrogen-bond donors (Lipinski definition) is 2. The zero-order valence-electron chi connectivity index (χ0n) is 15.0. The van der Waals surface area contributed by atoms with E-state index in [4.69, 9.17) is 4.42 Å². The summed E-state index contributed by atoms with van der Waals surface area (Å²) in [5.41, 5.74) is 4.36. The molecule has 2 aromatic rings. The number of aliphatic imine (C=N–C) groups is 1. The minimum absolute atomic E-state index is 0.263. The maximum absolute atomic E-state index is 10.0. The van der Waals surface area contributed by atoms with Crippen molar-refractivity contribution in [3.05, 3.63) is 70.0 Å². The second kappa shape index (κ2) is 7.08. The van der Waals surface area contributed by atoms with Gasteiger partial charge in [0.05, 0.1) is 18.8 Å². The van der Waals surface area contributed by atoms with Crippen molar-refractivity contribution in [1.29, 1.82) is 0 Å². The predicted molar refractivity (Wildman–Crippen MR) is 107 cm³/mol. The average Bonchev–Trinajstić information content (AvgIpc) is 3.23. The van der Waals surface area contributed by atoms with Gasteiger partial charge in [0.25, 0.3) is 0 Å². The monoisotopic (exact) mass is 366 g/mol. The topological polar surface area (TPSA) is 57.8 Å². The lowest BCUT2D eigenvalue weighted by molar-refractivity contribution is 0.467. The fourth-order valence-electron chi connectivity index (χ4n) is 3.40. The third kappa shape index (κ3) is 3.44. The van der Waals surface area contributed by atoms with Crippen LogP contribution in [0.1, 0.15) is 35.3 Å². The Labute approximate surface area is 157 Å². The maximum Gasteiger partial charge on any atom is 0.162 e. The largest absolute Gasteiger partial charge is 0.507 e. The Bertz CT molecular complexity index is 887. The van der Waals surface area contributed by atoms with E-state index >= 15 is 0 Å². The maximum atomic E-state index is 10.0. The minimum Gasteiger partial charge on any atom is -0.507 e. The van der Waals surface area contributed by atoms with Gasteiger partial charge in [-0.15, -0.1) is 0 Å². The van der Waals surface area contributed by atoms with Crippen molar-refractivity contribution >= 4 is 22.5 Å². The van der Waals surface area contributed by atoms with Crippen molar-refractivity contribution in [2.24, 2.45) is 4.99 Å². The van der Waals surface area contributed by atoms with Crippen molar-refractivity contribution in [2.75, 3.05) is 0 Å². The molecule has 1 aliphatic heterocycles. The van der Waals surface area contributed by atoms with Gasteiger partial charge in [0, 0.05) is 4.91 Å². The molecule has 0 spiro atoms. The van der Waals surface area contributed by atoms with Gasteiger partial charge in [-0.05, 0) is 73.2 Å². The highest BCUT2D eigenvalue weighted by Gasteiger charge is 2.28. The fourth-order valence-corrected chi connectivity index (χ4v) is 4.41. The summed E-state index contributed by atoms with van der Waals surface area (Å²) in [5, 5.41) is 14.5. The van der Waals surface area contributed by atoms with Crippen LogP contribution in [0.4, 0.5) is 0 Å². The molecule has 2 heterocycles. The molecule has 0 radical (unpaired) electrons. The van der Waals surface area contributed by atoms with Crippen LogP contribution in [0.2, 0.25) is 0 Å². The molecule has 134 valence electrons. The molecule has 0 amide bonds. The van der Waals surface area contributed by atoms with E-state index in [2.05, 4.69) is 34.6 Å². The van der Waals surface area contributed by atoms with E-state index < -0.39 is 0 Å². The minimum atomic E-state index is 0.263. The highest BCUT2D eigenvalue weighted by atomic mass is 32.2. The number of amidine groups is 1. The first-order chi connectivity index (χ1) is 12.6. The first-order valence-electron chi connectivity index (χ1n) is 8.81. The molecule has 1 aromatic heterocycles. The lowest BCUT2D eigenvalue weighted by Gasteiger charge is -2.15. The second-order valence-corrected chi connectivity index (χ2v) is 7.80. The first-order valence-corrected chi connectivity index (χ1v) is 9.62. The summed E-state index contributed by atoms with van der Waals surface area (Å²) < 4.78 is 5.35. The summed E-state index contributed by atoms with van der Waals surface area (Å²) in [6.07, 6.45) is 8.09. The summed E-state index contributed by atoms with van der Waals surface area (Å²) in [4.78, 5) is 5.97. The van der Waals surface area contributed by atoms with E-state index in [1.165, 1.54) is 16.0 Å². The van der Waals surface area contributed by atoms with Crippen molar-refractivity contribution in [3.63, 3.8) is 0 Å². The standard InChI is InChI=1S/C21H22N2O2S/c1-13-9-16(10-14(2)20(13)24)15-5-3-7-19-18(11-15)23-21(26-19)22-12-17-6-4-8-25-17/h4-10,18,24H,3,11-12H2,1-2H3,(H,22,23). The number of rotatable bonds is 3. The molecule has 1 unspecified atom stereocenters. The van der Waals surface area contributed by atoms with Crippen LogP contribution in [0.15, 0.2) is 57.0 Å². The Balaban J connectivity index is 1.51. The number of nitrogens with zero attached hydrogens (tertiary/aromatic N) is 1. The van der Waals surface area contributed by atoms with Gasteiger partial charge in [0.1, 0.15) is 11.5 Å². The predicted octanol–water partition coefficient (Wildman–Crippen LogP) is 4.92. The Kier molecular flexibility index (Phi) is 4.64. The molecular weight excluding hydrogens is 344 g/mol. The van der Waals surface area contributed by atoms with E-state index in [1.807, 2.05) is 26.0 Å². The number of fused-ring (bicyclic) bond motifs is 1. The molecule has 2 N–H and O–H groups in total. The van der Waals surface area contributed by atoms with Crippen LogP contribution in [0.3, 0.4) is 0 Å². The molecule has 1 fully saturated rings. The zero-order valence-corrected chi connectivity index (χ0v) is 15.8. The lowest BCUT2D eigenvalue weighted by Crippen LogP contribution is -2.26. The van der Waals surface area contributed by atoms with Crippen LogP contribution in [0, 0.1) is 13.8 Å². The number of allylic oxidation sites excluding steroid dienone is 2. The molecule has 2 aliphatic rings. The third-order valence-electron chi connectivity index (χ3n) is 4.78. The Morgan fingerprint density at radius 1 is 1.27 bits per heavy atom. The van der Waals surface area contributed by atoms with E-state index in [1.54, 1.807) is 18.0 Å². The number of hydrogen-bond acceptors (Lipinski definition) is 4. The van der Waals surface area contributed by atoms with Crippen LogP contribution in [0.5, 0.6) is 5.75 Å². The van der Waals surface area contributed by atoms with Gasteiger partial charge < -0.3 is 14.8 Å². The summed E-state index contributed by atoms with van der Waals surface area (Å²) in [7, 11) is 0. The number of aromatic hydroxyl groups is 1. The van der Waals surface area contributed by atoms with Gasteiger partial charge in [-0.25, -0.2) is 0 Å². The molecule has 0 bridgehead atoms. The molecular formula is C21H22N2O2S. The third-order valence-corrected chi connectivity index (χ3v) is 5.91. The summed E-state index contributed by atoms with van der Waals surface area (Å²) in [5.74, 6) is 1.26. The van der Waals surface area contributed by atoms with Crippen LogP contribution >= 0.6 is 11.8 Å². The molecule has 1 aliphatic carbocycles. The molecule has 1 atom stereocenters. The van der Waals surface area contributed by atoms with E-state index in [0.29, 0.717) is 12.3 Å². The van der Waals surface area contributed by atoms with Crippen molar-refractivity contribution in [3.8, 4) is 5.75 Å². The molecule has 1 saturated heterocycles. The molecule has 4 nitrogen and oxygen atoms in total. The number of phenolic OH excluding ortho intramolecular Hbond substituents is 1. The van der Waals surface area contributed by atoms with Crippen molar-refractivity contribution in [1.82, 2.24) is 5.32 Å². The van der Waals surface area contributed by atoms with Crippen LogP contribution in [-0.4, -0.2) is 16.3 Å². The van der Waals surface area contributed by atoms with Gasteiger partial charge >= 0.3 is 0 Å². The zero-order chi connectivity index (χ0) is 18.1. The highest BCUT2D eigenvalue weighted by molar-refractivity contribution is 8.17. The molecule has 26 heavy (non-hydrogen) atoms. The quantitative estimate of drug-likeness (QED) is 0.809. The number of nitrogens with one attached hydrogen (secondary N) is 1. The number of phenols is 1. The van der Waals surface area contributed by atoms with E-state index in [-0.39, 0.29) is 6.04 Å². The number of benzene rings is 1. The SMILES string of the molecule is Cc1cc(C2=CCC=C3SC(=NCc4ccco4)NC3C2)cc(C)c1O.